The highest BCUT2D eigenvalue weighted by atomic mass is 16.2. The van der Waals surface area contributed by atoms with E-state index in [9.17, 15) is 4.79 Å². The van der Waals surface area contributed by atoms with E-state index >= 15 is 0 Å². The zero-order chi connectivity index (χ0) is 14.6. The number of guanidine groups is 1. The van der Waals surface area contributed by atoms with Gasteiger partial charge in [-0.25, -0.2) is 4.79 Å². The van der Waals surface area contributed by atoms with Crippen LogP contribution in [0.2, 0.25) is 0 Å². The Balaban J connectivity index is 3.24. The Morgan fingerprint density at radius 1 is 1.37 bits per heavy atom. The molecule has 0 heterocycles. The van der Waals surface area contributed by atoms with E-state index in [2.05, 4.69) is 6.92 Å². The van der Waals surface area contributed by atoms with E-state index in [1.54, 1.807) is 4.90 Å². The van der Waals surface area contributed by atoms with Gasteiger partial charge in [0.15, 0.2) is 5.96 Å². The highest BCUT2D eigenvalue weighted by molar-refractivity contribution is 6.02. The summed E-state index contributed by atoms with van der Waals surface area (Å²) in [6.45, 7) is 6.50. The Bertz CT molecular complexity index is 484. The first-order valence-electron chi connectivity index (χ1n) is 6.41. The monoisotopic (exact) mass is 262 g/mol. The number of rotatable bonds is 3. The Kier molecular flexibility index (Phi) is 4.92. The van der Waals surface area contributed by atoms with Gasteiger partial charge in [0.05, 0.1) is 5.69 Å². The highest BCUT2D eigenvalue weighted by Gasteiger charge is 2.22. The predicted molar refractivity (Wildman–Crippen MR) is 78.7 cm³/mol. The number of urea groups is 1. The predicted octanol–water partition coefficient (Wildman–Crippen LogP) is 2.33. The smallest absolute Gasteiger partial charge is 0.331 e. The van der Waals surface area contributed by atoms with Crippen LogP contribution in [0.4, 0.5) is 10.5 Å². The van der Waals surface area contributed by atoms with Gasteiger partial charge in [-0.15, -0.1) is 0 Å². The normalized spacial score (nSPS) is 10.1. The maximum atomic E-state index is 12.4. The molecule has 0 bridgehead atoms. The number of anilines is 1. The third-order valence-corrected chi connectivity index (χ3v) is 3.17. The van der Waals surface area contributed by atoms with Gasteiger partial charge in [0.25, 0.3) is 0 Å². The topological polar surface area (TPSA) is 73.4 Å². The fourth-order valence-electron chi connectivity index (χ4n) is 2.06. The van der Waals surface area contributed by atoms with Crippen LogP contribution in [-0.4, -0.2) is 30.5 Å². The number of hydrogen-bond donors (Lipinski definition) is 2. The van der Waals surface area contributed by atoms with Crippen molar-refractivity contribution in [3.05, 3.63) is 29.3 Å². The van der Waals surface area contributed by atoms with Crippen LogP contribution < -0.4 is 10.6 Å². The van der Waals surface area contributed by atoms with Crippen molar-refractivity contribution < 1.29 is 4.79 Å². The largest absolute Gasteiger partial charge is 0.370 e. The Morgan fingerprint density at radius 3 is 2.47 bits per heavy atom. The number of nitrogens with two attached hydrogens (primary N) is 1. The second kappa shape index (κ2) is 6.22. The fraction of sp³-hybridized carbons (Fsp3) is 0.429. The number of carbonyl (C=O) groups excluding carboxylic acids is 1. The number of carbonyl (C=O) groups is 1. The molecule has 0 unspecified atom stereocenters. The molecule has 2 amide bonds. The fourth-order valence-corrected chi connectivity index (χ4v) is 2.06. The van der Waals surface area contributed by atoms with Crippen molar-refractivity contribution in [1.29, 1.82) is 5.41 Å². The molecule has 1 rings (SSSR count). The Hall–Kier alpha value is -2.04. The van der Waals surface area contributed by atoms with Gasteiger partial charge in [-0.3, -0.25) is 15.2 Å². The maximum absolute atomic E-state index is 12.4. The molecule has 0 aliphatic heterocycles. The van der Waals surface area contributed by atoms with Crippen LogP contribution >= 0.6 is 0 Å². The number of para-hydroxylation sites is 1. The standard InChI is InChI=1S/C14H22N4O/c1-5-11-9-7-8-10(3)12(11)18(6-2)14(19)17(4)13(15)16/h7-9H,5-6H2,1-4H3,(H3,15,16). The van der Waals surface area contributed by atoms with Crippen molar-refractivity contribution in [2.24, 2.45) is 5.73 Å². The molecular formula is C14H22N4O. The number of hydrogen-bond acceptors (Lipinski definition) is 2. The first-order valence-corrected chi connectivity index (χ1v) is 6.41. The second-order valence-corrected chi connectivity index (χ2v) is 4.41. The van der Waals surface area contributed by atoms with Crippen LogP contribution in [0.15, 0.2) is 18.2 Å². The number of benzene rings is 1. The number of nitrogens with one attached hydrogen (secondary N) is 1. The van der Waals surface area contributed by atoms with E-state index in [1.165, 1.54) is 7.05 Å². The first-order chi connectivity index (χ1) is 8.93. The van der Waals surface area contributed by atoms with Gasteiger partial charge in [-0.2, -0.15) is 0 Å². The summed E-state index contributed by atoms with van der Waals surface area (Å²) in [4.78, 5) is 15.2. The molecule has 0 fully saturated rings. The molecule has 0 aliphatic carbocycles. The van der Waals surface area contributed by atoms with Crippen molar-refractivity contribution in [2.75, 3.05) is 18.5 Å². The van der Waals surface area contributed by atoms with Gasteiger partial charge in [-0.05, 0) is 31.4 Å². The van der Waals surface area contributed by atoms with Gasteiger partial charge in [-0.1, -0.05) is 25.1 Å². The molecule has 0 saturated heterocycles. The second-order valence-electron chi connectivity index (χ2n) is 4.41. The third kappa shape index (κ3) is 3.05. The molecule has 0 saturated carbocycles. The average molecular weight is 262 g/mol. The molecule has 0 radical (unpaired) electrons. The minimum absolute atomic E-state index is 0.255. The van der Waals surface area contributed by atoms with Gasteiger partial charge in [0.2, 0.25) is 0 Å². The molecule has 5 heteroatoms. The van der Waals surface area contributed by atoms with E-state index in [0.29, 0.717) is 6.54 Å². The van der Waals surface area contributed by atoms with Gasteiger partial charge < -0.3 is 5.73 Å². The zero-order valence-electron chi connectivity index (χ0n) is 12.0. The first kappa shape index (κ1) is 15.0. The number of amides is 2. The summed E-state index contributed by atoms with van der Waals surface area (Å²) in [7, 11) is 1.51. The molecule has 5 nitrogen and oxygen atoms in total. The minimum Gasteiger partial charge on any atom is -0.370 e. The molecule has 0 atom stereocenters. The van der Waals surface area contributed by atoms with Crippen molar-refractivity contribution in [3.8, 4) is 0 Å². The Labute approximate surface area is 114 Å². The highest BCUT2D eigenvalue weighted by Crippen LogP contribution is 2.26. The molecular weight excluding hydrogens is 240 g/mol. The lowest BCUT2D eigenvalue weighted by Crippen LogP contribution is -2.47. The maximum Gasteiger partial charge on any atom is 0.331 e. The van der Waals surface area contributed by atoms with Crippen LogP contribution in [0.3, 0.4) is 0 Å². The van der Waals surface area contributed by atoms with Crippen LogP contribution in [0, 0.1) is 12.3 Å². The van der Waals surface area contributed by atoms with Crippen LogP contribution in [0.1, 0.15) is 25.0 Å². The molecule has 1 aromatic carbocycles. The van der Waals surface area contributed by atoms with Crippen molar-refractivity contribution >= 4 is 17.7 Å². The molecule has 19 heavy (non-hydrogen) atoms. The minimum atomic E-state index is -0.279. The lowest BCUT2D eigenvalue weighted by atomic mass is 10.0. The summed E-state index contributed by atoms with van der Waals surface area (Å²) in [5, 5.41) is 7.37. The summed E-state index contributed by atoms with van der Waals surface area (Å²) < 4.78 is 0. The van der Waals surface area contributed by atoms with E-state index in [0.717, 1.165) is 28.1 Å². The summed E-state index contributed by atoms with van der Waals surface area (Å²) >= 11 is 0. The number of nitrogens with zero attached hydrogens (tertiary/aromatic N) is 2. The van der Waals surface area contributed by atoms with Gasteiger partial charge in [0.1, 0.15) is 0 Å². The Morgan fingerprint density at radius 2 is 2.00 bits per heavy atom. The number of aryl methyl sites for hydroxylation is 2. The van der Waals surface area contributed by atoms with Gasteiger partial charge >= 0.3 is 6.03 Å². The summed E-state index contributed by atoms with van der Waals surface area (Å²) in [6.07, 6.45) is 0.852. The van der Waals surface area contributed by atoms with E-state index in [-0.39, 0.29) is 12.0 Å². The molecule has 0 aromatic heterocycles. The third-order valence-electron chi connectivity index (χ3n) is 3.17. The average Bonchev–Trinajstić information content (AvgIpc) is 2.39. The summed E-state index contributed by atoms with van der Waals surface area (Å²) in [6, 6.07) is 5.72. The van der Waals surface area contributed by atoms with E-state index in [1.807, 2.05) is 32.0 Å². The molecule has 3 N–H and O–H groups in total. The quantitative estimate of drug-likeness (QED) is 0.648. The summed E-state index contributed by atoms with van der Waals surface area (Å²) in [5.41, 5.74) is 8.47. The van der Waals surface area contributed by atoms with Crippen molar-refractivity contribution in [3.63, 3.8) is 0 Å². The molecule has 0 aliphatic rings. The van der Waals surface area contributed by atoms with Gasteiger partial charge in [0, 0.05) is 13.6 Å². The van der Waals surface area contributed by atoms with Crippen molar-refractivity contribution in [2.45, 2.75) is 27.2 Å². The summed E-state index contributed by atoms with van der Waals surface area (Å²) in [5.74, 6) is -0.255. The van der Waals surface area contributed by atoms with E-state index < -0.39 is 0 Å². The van der Waals surface area contributed by atoms with Crippen LogP contribution in [0.5, 0.6) is 0 Å². The molecule has 0 spiro atoms. The van der Waals surface area contributed by atoms with Crippen LogP contribution in [-0.2, 0) is 6.42 Å². The lowest BCUT2D eigenvalue weighted by Gasteiger charge is -2.29. The SMILES string of the molecule is CCc1cccc(C)c1N(CC)C(=O)N(C)C(=N)N. The lowest BCUT2D eigenvalue weighted by molar-refractivity contribution is 0.232. The molecule has 1 aromatic rings. The van der Waals surface area contributed by atoms with Crippen LogP contribution in [0.25, 0.3) is 0 Å². The van der Waals surface area contributed by atoms with Crippen molar-refractivity contribution in [1.82, 2.24) is 4.90 Å². The van der Waals surface area contributed by atoms with E-state index in [4.69, 9.17) is 11.1 Å². The zero-order valence-corrected chi connectivity index (χ0v) is 12.0. The molecule has 104 valence electrons.